The second-order valence-electron chi connectivity index (χ2n) is 9.16. The average Bonchev–Trinajstić information content (AvgIpc) is 2.85. The van der Waals surface area contributed by atoms with Gasteiger partial charge in [0, 0.05) is 23.1 Å². The number of ether oxygens (including phenoxy) is 3. The number of carbonyl (C=O) groups excluding carboxylic acids is 1. The summed E-state index contributed by atoms with van der Waals surface area (Å²) < 4.78 is 18.4. The van der Waals surface area contributed by atoms with Crippen molar-refractivity contribution in [2.75, 3.05) is 18.1 Å². The first-order valence-corrected chi connectivity index (χ1v) is 12.7. The van der Waals surface area contributed by atoms with Crippen molar-refractivity contribution in [2.45, 2.75) is 46.4 Å². The maximum atomic E-state index is 12.8. The van der Waals surface area contributed by atoms with Gasteiger partial charge in [-0.1, -0.05) is 58.9 Å². The van der Waals surface area contributed by atoms with Crippen molar-refractivity contribution in [1.29, 1.82) is 0 Å². The molecule has 0 saturated heterocycles. The van der Waals surface area contributed by atoms with Gasteiger partial charge in [-0.05, 0) is 63.6 Å². The Labute approximate surface area is 222 Å². The third kappa shape index (κ3) is 7.85. The quantitative estimate of drug-likeness (QED) is 0.189. The van der Waals surface area contributed by atoms with Crippen LogP contribution in [0.15, 0.2) is 77.8 Å². The molecule has 0 spiro atoms. The van der Waals surface area contributed by atoms with Gasteiger partial charge in [-0.15, -0.1) is 0 Å². The fraction of sp³-hybridized carbons (Fsp3) is 0.310. The zero-order valence-electron chi connectivity index (χ0n) is 21.3. The summed E-state index contributed by atoms with van der Waals surface area (Å²) >= 11 is 3.58. The first-order valence-electron chi connectivity index (χ1n) is 11.9. The number of hydrogen-bond acceptors (Lipinski definition) is 6. The maximum Gasteiger partial charge on any atom is 0.344 e. The molecule has 0 N–H and O–H groups in total. The highest BCUT2D eigenvalue weighted by molar-refractivity contribution is 9.10. The number of halogens is 1. The molecule has 3 rings (SSSR count). The van der Waals surface area contributed by atoms with Crippen LogP contribution in [-0.4, -0.2) is 29.7 Å². The molecule has 0 bridgehead atoms. The fourth-order valence-corrected chi connectivity index (χ4v) is 3.86. The van der Waals surface area contributed by atoms with Crippen molar-refractivity contribution in [3.63, 3.8) is 0 Å². The molecule has 0 amide bonds. The molecule has 0 aliphatic heterocycles. The summed E-state index contributed by atoms with van der Waals surface area (Å²) in [5.74, 6) is 1.22. The molecule has 0 fully saturated rings. The summed E-state index contributed by atoms with van der Waals surface area (Å²) in [7, 11) is 0. The second-order valence-corrected chi connectivity index (χ2v) is 10.1. The van der Waals surface area contributed by atoms with Crippen LogP contribution in [0.25, 0.3) is 0 Å². The van der Waals surface area contributed by atoms with Crippen LogP contribution in [0.4, 0.5) is 5.82 Å². The van der Waals surface area contributed by atoms with Crippen molar-refractivity contribution in [3.8, 4) is 11.6 Å². The molecular weight excluding hydrogens is 520 g/mol. The Morgan fingerprint density at radius 3 is 2.50 bits per heavy atom. The molecule has 2 aromatic carbocycles. The first kappa shape index (κ1) is 27.3. The van der Waals surface area contributed by atoms with Gasteiger partial charge < -0.3 is 19.1 Å². The smallest absolute Gasteiger partial charge is 0.344 e. The van der Waals surface area contributed by atoms with Gasteiger partial charge in [0.2, 0.25) is 5.88 Å². The lowest BCUT2D eigenvalue weighted by Crippen LogP contribution is -2.26. The predicted molar refractivity (Wildman–Crippen MR) is 147 cm³/mol. The number of pyridine rings is 1. The van der Waals surface area contributed by atoms with Crippen LogP contribution >= 0.6 is 15.9 Å². The van der Waals surface area contributed by atoms with Gasteiger partial charge in [0.25, 0.3) is 0 Å². The van der Waals surface area contributed by atoms with Gasteiger partial charge in [0.15, 0.2) is 0 Å². The standard InChI is InChI=1S/C29H33BrN2O4/c1-6-17-34-27-24(28(33)36-29(3,4)5)14-16-26(31-27)32(7-2)19-22-18-23(30)13-15-25(22)35-20-21-11-9-8-10-12-21/h6,8-16,18H,1,7,17,19-20H2,2-5H3. The van der Waals surface area contributed by atoms with Crippen molar-refractivity contribution in [1.82, 2.24) is 4.98 Å². The van der Waals surface area contributed by atoms with E-state index in [9.17, 15) is 4.79 Å². The molecule has 1 heterocycles. The summed E-state index contributed by atoms with van der Waals surface area (Å²) in [6, 6.07) is 19.6. The maximum absolute atomic E-state index is 12.8. The lowest BCUT2D eigenvalue weighted by Gasteiger charge is -2.25. The van der Waals surface area contributed by atoms with Gasteiger partial charge in [-0.3, -0.25) is 0 Å². The van der Waals surface area contributed by atoms with E-state index in [4.69, 9.17) is 14.2 Å². The van der Waals surface area contributed by atoms with E-state index < -0.39 is 11.6 Å². The summed E-state index contributed by atoms with van der Waals surface area (Å²) in [6.07, 6.45) is 1.61. The van der Waals surface area contributed by atoms with E-state index in [2.05, 4.69) is 39.3 Å². The van der Waals surface area contributed by atoms with Gasteiger partial charge in [0.05, 0.1) is 0 Å². The number of hydrogen-bond donors (Lipinski definition) is 0. The van der Waals surface area contributed by atoms with Gasteiger partial charge in [-0.25, -0.2) is 4.79 Å². The molecule has 3 aromatic rings. The Balaban J connectivity index is 1.87. The third-order valence-electron chi connectivity index (χ3n) is 5.13. The minimum Gasteiger partial charge on any atom is -0.489 e. The van der Waals surface area contributed by atoms with Crippen LogP contribution in [-0.2, 0) is 17.9 Å². The van der Waals surface area contributed by atoms with E-state index in [0.717, 1.165) is 21.3 Å². The summed E-state index contributed by atoms with van der Waals surface area (Å²) in [5, 5.41) is 0. The van der Waals surface area contributed by atoms with E-state index >= 15 is 0 Å². The van der Waals surface area contributed by atoms with Gasteiger partial charge in [-0.2, -0.15) is 4.98 Å². The molecule has 1 aromatic heterocycles. The summed E-state index contributed by atoms with van der Waals surface area (Å²) in [4.78, 5) is 19.5. The number of anilines is 1. The van der Waals surface area contributed by atoms with Crippen LogP contribution in [0.2, 0.25) is 0 Å². The predicted octanol–water partition coefficient (Wildman–Crippen LogP) is 6.97. The van der Waals surface area contributed by atoms with Crippen LogP contribution in [0.5, 0.6) is 11.6 Å². The van der Waals surface area contributed by atoms with Crippen molar-refractivity contribution in [3.05, 3.63) is 94.5 Å². The Morgan fingerprint density at radius 1 is 1.08 bits per heavy atom. The normalized spacial score (nSPS) is 11.0. The average molecular weight is 553 g/mol. The Hall–Kier alpha value is -3.32. The minimum atomic E-state index is -0.627. The highest BCUT2D eigenvalue weighted by Gasteiger charge is 2.23. The lowest BCUT2D eigenvalue weighted by atomic mass is 10.1. The van der Waals surface area contributed by atoms with E-state index in [1.807, 2.05) is 75.4 Å². The van der Waals surface area contributed by atoms with Crippen LogP contribution in [0, 0.1) is 0 Å². The molecule has 190 valence electrons. The van der Waals surface area contributed by atoms with Gasteiger partial charge >= 0.3 is 5.97 Å². The molecule has 0 aliphatic carbocycles. The summed E-state index contributed by atoms with van der Waals surface area (Å²) in [5.41, 5.74) is 1.76. The molecule has 7 heteroatoms. The molecule has 6 nitrogen and oxygen atoms in total. The largest absolute Gasteiger partial charge is 0.489 e. The van der Waals surface area contributed by atoms with E-state index in [-0.39, 0.29) is 18.1 Å². The number of carbonyl (C=O) groups is 1. The number of benzene rings is 2. The topological polar surface area (TPSA) is 60.9 Å². The number of rotatable bonds is 11. The van der Waals surface area contributed by atoms with Crippen molar-refractivity contribution in [2.24, 2.45) is 0 Å². The van der Waals surface area contributed by atoms with E-state index in [0.29, 0.717) is 25.5 Å². The molecular formula is C29H33BrN2O4. The SMILES string of the molecule is C=CCOc1nc(N(CC)Cc2cc(Br)ccc2OCc2ccccc2)ccc1C(=O)OC(C)(C)C. The monoisotopic (exact) mass is 552 g/mol. The van der Waals surface area contributed by atoms with E-state index in [1.54, 1.807) is 12.1 Å². The Bertz CT molecular complexity index is 1180. The highest BCUT2D eigenvalue weighted by Crippen LogP contribution is 2.29. The zero-order chi connectivity index (χ0) is 26.1. The second kappa shape index (κ2) is 12.6. The molecule has 36 heavy (non-hydrogen) atoms. The van der Waals surface area contributed by atoms with Gasteiger partial charge in [0.1, 0.15) is 35.9 Å². The highest BCUT2D eigenvalue weighted by atomic mass is 79.9. The Kier molecular flexibility index (Phi) is 9.53. The zero-order valence-corrected chi connectivity index (χ0v) is 22.9. The first-order chi connectivity index (χ1) is 17.2. The molecule has 0 unspecified atom stereocenters. The number of nitrogens with zero attached hydrogens (tertiary/aromatic N) is 2. The molecule has 0 saturated carbocycles. The molecule has 0 atom stereocenters. The van der Waals surface area contributed by atoms with E-state index in [1.165, 1.54) is 0 Å². The molecule has 0 radical (unpaired) electrons. The fourth-order valence-electron chi connectivity index (χ4n) is 3.45. The number of aromatic nitrogens is 1. The minimum absolute atomic E-state index is 0.217. The third-order valence-corrected chi connectivity index (χ3v) is 5.62. The number of esters is 1. The van der Waals surface area contributed by atoms with Crippen LogP contribution in [0.3, 0.4) is 0 Å². The molecule has 0 aliphatic rings. The van der Waals surface area contributed by atoms with Crippen molar-refractivity contribution >= 4 is 27.7 Å². The van der Waals surface area contributed by atoms with Crippen LogP contribution in [0.1, 0.15) is 49.2 Å². The van der Waals surface area contributed by atoms with Crippen molar-refractivity contribution < 1.29 is 19.0 Å². The summed E-state index contributed by atoms with van der Waals surface area (Å²) in [6.45, 7) is 13.2. The Morgan fingerprint density at radius 2 is 1.83 bits per heavy atom. The lowest BCUT2D eigenvalue weighted by molar-refractivity contribution is 0.00653. The van der Waals surface area contributed by atoms with Crippen LogP contribution < -0.4 is 14.4 Å².